The summed E-state index contributed by atoms with van der Waals surface area (Å²) in [6, 6.07) is 9.79. The number of halogens is 1. The second-order valence-corrected chi connectivity index (χ2v) is 9.89. The molecule has 1 N–H and O–H groups in total. The van der Waals surface area contributed by atoms with E-state index in [1.165, 1.54) is 13.0 Å². The number of fused-ring (bicyclic) bond motifs is 1. The zero-order chi connectivity index (χ0) is 20.9. The summed E-state index contributed by atoms with van der Waals surface area (Å²) in [5.74, 6) is 0.271. The van der Waals surface area contributed by atoms with Crippen molar-refractivity contribution < 1.29 is 17.6 Å². The van der Waals surface area contributed by atoms with E-state index in [4.69, 9.17) is 16.0 Å². The maximum Gasteiger partial charge on any atom is 0.261 e. The van der Waals surface area contributed by atoms with Crippen LogP contribution in [0.25, 0.3) is 11.0 Å². The smallest absolute Gasteiger partial charge is 0.261 e. The first kappa shape index (κ1) is 20.4. The molecule has 0 radical (unpaired) electrons. The molecule has 0 saturated heterocycles. The Morgan fingerprint density at radius 1 is 1.11 bits per heavy atom. The predicted octanol–water partition coefficient (Wildman–Crippen LogP) is 5.70. The highest BCUT2D eigenvalue weighted by atomic mass is 35.5. The van der Waals surface area contributed by atoms with E-state index in [-0.39, 0.29) is 26.8 Å². The summed E-state index contributed by atoms with van der Waals surface area (Å²) < 4.78 is 33.7. The van der Waals surface area contributed by atoms with Gasteiger partial charge in [0.25, 0.3) is 10.0 Å². The van der Waals surface area contributed by atoms with Gasteiger partial charge >= 0.3 is 0 Å². The third-order valence-corrected chi connectivity index (χ3v) is 6.23. The maximum absolute atomic E-state index is 12.8. The van der Waals surface area contributed by atoms with Gasteiger partial charge in [0.2, 0.25) is 0 Å². The summed E-state index contributed by atoms with van der Waals surface area (Å²) in [5.41, 5.74) is 1.99. The number of aryl methyl sites for hydroxylation is 1. The first-order valence-corrected chi connectivity index (χ1v) is 10.6. The molecule has 28 heavy (non-hydrogen) atoms. The molecule has 0 fully saturated rings. The Hall–Kier alpha value is -2.31. The molecule has 7 heteroatoms. The van der Waals surface area contributed by atoms with Crippen LogP contribution in [0, 0.1) is 6.92 Å². The Bertz CT molecular complexity index is 1170. The van der Waals surface area contributed by atoms with Crippen molar-refractivity contribution in [3.05, 3.63) is 58.3 Å². The van der Waals surface area contributed by atoms with Gasteiger partial charge in [-0.2, -0.15) is 0 Å². The second-order valence-electron chi connectivity index (χ2n) is 7.80. The molecule has 148 valence electrons. The number of benzene rings is 2. The average molecular weight is 420 g/mol. The minimum atomic E-state index is -3.81. The number of Topliss-reactive ketones (excluding diaryl/α,β-unsaturated/α-hetero) is 1. The third-order valence-electron chi connectivity index (χ3n) is 4.56. The lowest BCUT2D eigenvalue weighted by Crippen LogP contribution is -2.15. The van der Waals surface area contributed by atoms with Crippen LogP contribution in [0.4, 0.5) is 5.69 Å². The van der Waals surface area contributed by atoms with Crippen LogP contribution in [0.1, 0.15) is 49.4 Å². The van der Waals surface area contributed by atoms with E-state index in [1.54, 1.807) is 37.3 Å². The molecule has 5 nitrogen and oxygen atoms in total. The number of hydrogen-bond acceptors (Lipinski definition) is 4. The largest absolute Gasteiger partial charge is 0.459 e. The molecule has 0 unspecified atom stereocenters. The highest BCUT2D eigenvalue weighted by Crippen LogP contribution is 2.35. The molecule has 3 rings (SSSR count). The SMILES string of the molecule is CC(=O)c1c(C)oc2c(Cl)cc(NS(=O)(=O)c3ccc(C(C)(C)C)cc3)cc12. The summed E-state index contributed by atoms with van der Waals surface area (Å²) in [6.07, 6.45) is 0. The zero-order valence-electron chi connectivity index (χ0n) is 16.4. The fourth-order valence-electron chi connectivity index (χ4n) is 3.12. The van der Waals surface area contributed by atoms with Crippen molar-refractivity contribution in [3.8, 4) is 0 Å². The number of carbonyl (C=O) groups excluding carboxylic acids is 1. The molecule has 2 aromatic carbocycles. The third kappa shape index (κ3) is 3.80. The van der Waals surface area contributed by atoms with Crippen molar-refractivity contribution in [2.75, 3.05) is 4.72 Å². The summed E-state index contributed by atoms with van der Waals surface area (Å²) in [5, 5.41) is 0.715. The van der Waals surface area contributed by atoms with Crippen molar-refractivity contribution in [3.63, 3.8) is 0 Å². The van der Waals surface area contributed by atoms with Gasteiger partial charge in [-0.15, -0.1) is 0 Å². The van der Waals surface area contributed by atoms with Crippen molar-refractivity contribution >= 4 is 44.1 Å². The fraction of sp³-hybridized carbons (Fsp3) is 0.286. The van der Waals surface area contributed by atoms with Gasteiger partial charge < -0.3 is 4.42 Å². The minimum absolute atomic E-state index is 0.0729. The van der Waals surface area contributed by atoms with E-state index < -0.39 is 10.0 Å². The Morgan fingerprint density at radius 3 is 2.25 bits per heavy atom. The number of rotatable bonds is 4. The lowest BCUT2D eigenvalue weighted by molar-refractivity contribution is 0.101. The van der Waals surface area contributed by atoms with E-state index in [1.807, 2.05) is 0 Å². The Morgan fingerprint density at radius 2 is 1.71 bits per heavy atom. The van der Waals surface area contributed by atoms with Crippen LogP contribution in [0.2, 0.25) is 5.02 Å². The number of nitrogens with one attached hydrogen (secondary N) is 1. The highest BCUT2D eigenvalue weighted by molar-refractivity contribution is 7.92. The van der Waals surface area contributed by atoms with Gasteiger partial charge in [-0.3, -0.25) is 9.52 Å². The summed E-state index contributed by atoms with van der Waals surface area (Å²) in [4.78, 5) is 12.1. The Labute approximate surface area is 169 Å². The van der Waals surface area contributed by atoms with Gasteiger partial charge in [-0.25, -0.2) is 8.42 Å². The first-order valence-electron chi connectivity index (χ1n) is 8.77. The molecule has 0 aliphatic rings. The number of ketones is 1. The molecule has 0 aliphatic carbocycles. The molecule has 0 aliphatic heterocycles. The molecule has 0 saturated carbocycles. The van der Waals surface area contributed by atoms with Gasteiger partial charge in [0.15, 0.2) is 11.4 Å². The van der Waals surface area contributed by atoms with Gasteiger partial charge in [-0.1, -0.05) is 44.5 Å². The quantitative estimate of drug-likeness (QED) is 0.550. The molecule has 0 amide bonds. The second kappa shape index (κ2) is 6.94. The first-order chi connectivity index (χ1) is 12.9. The van der Waals surface area contributed by atoms with E-state index in [0.717, 1.165) is 5.56 Å². The predicted molar refractivity (Wildman–Crippen MR) is 112 cm³/mol. The highest BCUT2D eigenvalue weighted by Gasteiger charge is 2.21. The fourth-order valence-corrected chi connectivity index (χ4v) is 4.42. The standard InChI is InChI=1S/C21H22ClNO4S/c1-12(24)19-13(2)27-20-17(19)10-15(11-18(20)22)23-28(25,26)16-8-6-14(7-9-16)21(3,4)5/h6-11,23H,1-5H3. The Kier molecular flexibility index (Phi) is 5.06. The van der Waals surface area contributed by atoms with Crippen LogP contribution in [-0.4, -0.2) is 14.2 Å². The van der Waals surface area contributed by atoms with Crippen molar-refractivity contribution in [2.45, 2.75) is 44.9 Å². The van der Waals surface area contributed by atoms with Crippen LogP contribution >= 0.6 is 11.6 Å². The molecule has 0 atom stereocenters. The lowest BCUT2D eigenvalue weighted by atomic mass is 9.87. The van der Waals surface area contributed by atoms with Crippen LogP contribution in [-0.2, 0) is 15.4 Å². The summed E-state index contributed by atoms with van der Waals surface area (Å²) in [6.45, 7) is 9.29. The van der Waals surface area contributed by atoms with Crippen molar-refractivity contribution in [1.82, 2.24) is 0 Å². The van der Waals surface area contributed by atoms with Gasteiger partial charge in [0.1, 0.15) is 5.76 Å². The van der Waals surface area contributed by atoms with Gasteiger partial charge in [0, 0.05) is 5.39 Å². The summed E-state index contributed by atoms with van der Waals surface area (Å²) in [7, 11) is -3.81. The number of anilines is 1. The van der Waals surface area contributed by atoms with E-state index in [9.17, 15) is 13.2 Å². The van der Waals surface area contributed by atoms with Crippen molar-refractivity contribution in [2.24, 2.45) is 0 Å². The molecule has 1 aromatic heterocycles. The average Bonchev–Trinajstić information content (AvgIpc) is 2.90. The molecule has 0 bridgehead atoms. The van der Waals surface area contributed by atoms with Gasteiger partial charge in [0.05, 0.1) is 21.2 Å². The van der Waals surface area contributed by atoms with E-state index in [2.05, 4.69) is 25.5 Å². The van der Waals surface area contributed by atoms with Crippen molar-refractivity contribution in [1.29, 1.82) is 0 Å². The normalized spacial score (nSPS) is 12.4. The number of carbonyl (C=O) groups is 1. The molecule has 3 aromatic rings. The number of hydrogen-bond donors (Lipinski definition) is 1. The maximum atomic E-state index is 12.8. The monoisotopic (exact) mass is 419 g/mol. The molecule has 0 spiro atoms. The Balaban J connectivity index is 2.01. The molecular formula is C21H22ClNO4S. The van der Waals surface area contributed by atoms with E-state index in [0.29, 0.717) is 22.3 Å². The topological polar surface area (TPSA) is 76.4 Å². The lowest BCUT2D eigenvalue weighted by Gasteiger charge is -2.19. The van der Waals surface area contributed by atoms with Gasteiger partial charge in [-0.05, 0) is 49.1 Å². The number of furan rings is 1. The zero-order valence-corrected chi connectivity index (χ0v) is 18.0. The van der Waals surface area contributed by atoms with Crippen LogP contribution in [0.5, 0.6) is 0 Å². The van der Waals surface area contributed by atoms with Crippen LogP contribution in [0.15, 0.2) is 45.7 Å². The molecule has 1 heterocycles. The van der Waals surface area contributed by atoms with Crippen LogP contribution < -0.4 is 4.72 Å². The number of sulfonamides is 1. The van der Waals surface area contributed by atoms with Crippen LogP contribution in [0.3, 0.4) is 0 Å². The van der Waals surface area contributed by atoms with E-state index >= 15 is 0 Å². The molecular weight excluding hydrogens is 398 g/mol. The minimum Gasteiger partial charge on any atom is -0.459 e. The summed E-state index contributed by atoms with van der Waals surface area (Å²) >= 11 is 6.26.